The summed E-state index contributed by atoms with van der Waals surface area (Å²) in [4.78, 5) is 24.2. The molecule has 0 aromatic heterocycles. The number of fused-ring (bicyclic) bond motifs is 1. The number of hydrogen-bond donors (Lipinski definition) is 1. The first-order valence-corrected chi connectivity index (χ1v) is 8.43. The Morgan fingerprint density at radius 1 is 1.09 bits per heavy atom. The molecule has 0 atom stereocenters. The third kappa shape index (κ3) is 2.69. The summed E-state index contributed by atoms with van der Waals surface area (Å²) in [6.07, 6.45) is 0. The number of benzene rings is 2. The van der Waals surface area contributed by atoms with E-state index in [1.165, 1.54) is 18.2 Å². The maximum absolute atomic E-state index is 12.3. The maximum atomic E-state index is 12.3. The van der Waals surface area contributed by atoms with Gasteiger partial charge >= 0.3 is 0 Å². The van der Waals surface area contributed by atoms with Gasteiger partial charge in [-0.25, -0.2) is 12.7 Å². The molecule has 0 spiro atoms. The van der Waals surface area contributed by atoms with Gasteiger partial charge in [0.25, 0.3) is 15.9 Å². The first-order chi connectivity index (χ1) is 10.9. The van der Waals surface area contributed by atoms with E-state index in [1.54, 1.807) is 30.3 Å². The molecule has 23 heavy (non-hydrogen) atoms. The molecule has 0 unspecified atom stereocenters. The van der Waals surface area contributed by atoms with Gasteiger partial charge in [-0.05, 0) is 24.3 Å². The summed E-state index contributed by atoms with van der Waals surface area (Å²) in [6.45, 7) is -0.610. The predicted molar refractivity (Wildman–Crippen MR) is 84.7 cm³/mol. The number of anilines is 1. The molecule has 3 rings (SSSR count). The van der Waals surface area contributed by atoms with Gasteiger partial charge in [-0.2, -0.15) is 0 Å². The second-order valence-corrected chi connectivity index (χ2v) is 7.08. The van der Waals surface area contributed by atoms with Crippen LogP contribution in [-0.4, -0.2) is 31.1 Å². The van der Waals surface area contributed by atoms with E-state index in [4.69, 9.17) is 11.6 Å². The zero-order valence-electron chi connectivity index (χ0n) is 11.7. The summed E-state index contributed by atoms with van der Waals surface area (Å²) in [6, 6.07) is 12.4. The Morgan fingerprint density at radius 2 is 1.74 bits per heavy atom. The van der Waals surface area contributed by atoms with Crippen molar-refractivity contribution in [2.24, 2.45) is 0 Å². The SMILES string of the molecule is O=C(CN1C(=O)c2ccccc2S1(=O)=O)Nc1ccccc1Cl. The molecule has 8 heteroatoms. The second-order valence-electron chi connectivity index (χ2n) is 4.84. The number of nitrogens with zero attached hydrogens (tertiary/aromatic N) is 1. The Hall–Kier alpha value is -2.38. The molecule has 0 aliphatic carbocycles. The molecule has 2 aromatic rings. The van der Waals surface area contributed by atoms with Gasteiger partial charge in [0.2, 0.25) is 5.91 Å². The van der Waals surface area contributed by atoms with Crippen LogP contribution in [0.15, 0.2) is 53.4 Å². The lowest BCUT2D eigenvalue weighted by molar-refractivity contribution is -0.116. The zero-order valence-corrected chi connectivity index (χ0v) is 13.3. The first kappa shape index (κ1) is 15.5. The smallest absolute Gasteiger partial charge is 0.269 e. The van der Waals surface area contributed by atoms with Gasteiger partial charge in [0, 0.05) is 0 Å². The van der Waals surface area contributed by atoms with Crippen molar-refractivity contribution in [2.75, 3.05) is 11.9 Å². The van der Waals surface area contributed by atoms with Crippen molar-refractivity contribution >= 4 is 39.1 Å². The average molecular weight is 351 g/mol. The molecule has 118 valence electrons. The number of rotatable bonds is 3. The number of carbonyl (C=O) groups is 2. The summed E-state index contributed by atoms with van der Waals surface area (Å²) in [5.41, 5.74) is 0.416. The summed E-state index contributed by atoms with van der Waals surface area (Å²) in [5.74, 6) is -1.36. The van der Waals surface area contributed by atoms with Gasteiger partial charge in [-0.3, -0.25) is 9.59 Å². The number of sulfonamides is 1. The minimum Gasteiger partial charge on any atom is -0.323 e. The van der Waals surface area contributed by atoms with Crippen molar-refractivity contribution in [3.63, 3.8) is 0 Å². The van der Waals surface area contributed by atoms with Crippen LogP contribution in [-0.2, 0) is 14.8 Å². The molecular formula is C15H11ClN2O4S. The van der Waals surface area contributed by atoms with Crippen LogP contribution >= 0.6 is 11.6 Å². The normalized spacial score (nSPS) is 15.3. The molecule has 1 aliphatic rings. The number of amides is 2. The van der Waals surface area contributed by atoms with Gasteiger partial charge in [-0.15, -0.1) is 0 Å². The molecule has 1 N–H and O–H groups in total. The van der Waals surface area contributed by atoms with Crippen molar-refractivity contribution in [2.45, 2.75) is 4.90 Å². The maximum Gasteiger partial charge on any atom is 0.269 e. The van der Waals surface area contributed by atoms with Crippen molar-refractivity contribution in [1.82, 2.24) is 4.31 Å². The number of nitrogens with one attached hydrogen (secondary N) is 1. The van der Waals surface area contributed by atoms with E-state index in [2.05, 4.69) is 5.32 Å². The molecular weight excluding hydrogens is 340 g/mol. The van der Waals surface area contributed by atoms with E-state index in [9.17, 15) is 18.0 Å². The summed E-state index contributed by atoms with van der Waals surface area (Å²) in [7, 11) is -4.00. The Kier molecular flexibility index (Phi) is 3.83. The van der Waals surface area contributed by atoms with Gasteiger partial charge in [0.1, 0.15) is 11.4 Å². The van der Waals surface area contributed by atoms with E-state index >= 15 is 0 Å². The minimum absolute atomic E-state index is 0.0676. The number of halogens is 1. The van der Waals surface area contributed by atoms with Crippen LogP contribution in [0, 0.1) is 0 Å². The third-order valence-electron chi connectivity index (χ3n) is 3.35. The van der Waals surface area contributed by atoms with Gasteiger partial charge in [0.15, 0.2) is 0 Å². The largest absolute Gasteiger partial charge is 0.323 e. The van der Waals surface area contributed by atoms with E-state index in [1.807, 2.05) is 0 Å². The fraction of sp³-hybridized carbons (Fsp3) is 0.0667. The fourth-order valence-electron chi connectivity index (χ4n) is 2.27. The molecule has 6 nitrogen and oxygen atoms in total. The summed E-state index contributed by atoms with van der Waals surface area (Å²) < 4.78 is 25.3. The van der Waals surface area contributed by atoms with Gasteiger partial charge in [-0.1, -0.05) is 35.9 Å². The highest BCUT2D eigenvalue weighted by atomic mass is 35.5. The van der Waals surface area contributed by atoms with Crippen LogP contribution in [0.1, 0.15) is 10.4 Å². The molecule has 1 aliphatic heterocycles. The lowest BCUT2D eigenvalue weighted by atomic mass is 10.2. The number of para-hydroxylation sites is 1. The topological polar surface area (TPSA) is 83.6 Å². The Morgan fingerprint density at radius 3 is 2.43 bits per heavy atom. The average Bonchev–Trinajstić information content (AvgIpc) is 2.71. The first-order valence-electron chi connectivity index (χ1n) is 6.62. The molecule has 0 saturated carbocycles. The standard InChI is InChI=1S/C15H11ClN2O4S/c16-11-6-2-3-7-12(11)17-14(19)9-18-15(20)10-5-1-4-8-13(10)23(18,21)22/h1-8H,9H2,(H,17,19). The highest BCUT2D eigenvalue weighted by Gasteiger charge is 2.41. The quantitative estimate of drug-likeness (QED) is 0.919. The predicted octanol–water partition coefficient (Wildman–Crippen LogP) is 2.12. The third-order valence-corrected chi connectivity index (χ3v) is 5.46. The second kappa shape index (κ2) is 5.68. The van der Waals surface area contributed by atoms with Crippen molar-refractivity contribution in [3.05, 3.63) is 59.1 Å². The molecule has 0 radical (unpaired) electrons. The van der Waals surface area contributed by atoms with Gasteiger partial charge in [0.05, 0.1) is 16.3 Å². The minimum atomic E-state index is -4.00. The van der Waals surface area contributed by atoms with Crippen LogP contribution in [0.4, 0.5) is 5.69 Å². The van der Waals surface area contributed by atoms with E-state index in [-0.39, 0.29) is 10.5 Å². The van der Waals surface area contributed by atoms with E-state index in [0.717, 1.165) is 0 Å². The Labute approximate surface area is 137 Å². The lowest BCUT2D eigenvalue weighted by Gasteiger charge is -2.15. The van der Waals surface area contributed by atoms with Crippen molar-refractivity contribution in [1.29, 1.82) is 0 Å². The van der Waals surface area contributed by atoms with Gasteiger partial charge < -0.3 is 5.32 Å². The summed E-state index contributed by atoms with van der Waals surface area (Å²) >= 11 is 5.93. The van der Waals surface area contributed by atoms with E-state index in [0.29, 0.717) is 15.0 Å². The highest BCUT2D eigenvalue weighted by Crippen LogP contribution is 2.29. The summed E-state index contributed by atoms with van der Waals surface area (Å²) in [5, 5.41) is 2.81. The Bertz CT molecular complexity index is 911. The van der Waals surface area contributed by atoms with Crippen LogP contribution in [0.25, 0.3) is 0 Å². The molecule has 0 bridgehead atoms. The van der Waals surface area contributed by atoms with Crippen LogP contribution in [0.2, 0.25) is 5.02 Å². The number of hydrogen-bond acceptors (Lipinski definition) is 4. The highest BCUT2D eigenvalue weighted by molar-refractivity contribution is 7.90. The molecule has 2 aromatic carbocycles. The van der Waals surface area contributed by atoms with Crippen LogP contribution in [0.5, 0.6) is 0 Å². The lowest BCUT2D eigenvalue weighted by Crippen LogP contribution is -2.37. The zero-order chi connectivity index (χ0) is 16.6. The van der Waals surface area contributed by atoms with Crippen molar-refractivity contribution in [3.8, 4) is 0 Å². The van der Waals surface area contributed by atoms with Crippen LogP contribution in [0.3, 0.4) is 0 Å². The fourth-order valence-corrected chi connectivity index (χ4v) is 3.98. The van der Waals surface area contributed by atoms with Crippen molar-refractivity contribution < 1.29 is 18.0 Å². The number of carbonyl (C=O) groups excluding carboxylic acids is 2. The monoisotopic (exact) mass is 350 g/mol. The Balaban J connectivity index is 1.83. The molecule has 1 heterocycles. The molecule has 0 fully saturated rings. The van der Waals surface area contributed by atoms with E-state index < -0.39 is 28.4 Å². The molecule has 2 amide bonds. The molecule has 0 saturated heterocycles. The van der Waals surface area contributed by atoms with Crippen LogP contribution < -0.4 is 5.32 Å².